The van der Waals surface area contributed by atoms with E-state index in [1.807, 2.05) is 6.08 Å². The minimum absolute atomic E-state index is 0.0512. The SMILES string of the molecule is CCCCCC(O)/C=C/[C@H]1C(O)CC2OC(/C=C/CC(F)(F)CN)CC21. The third-order valence-corrected chi connectivity index (χ3v) is 5.47. The van der Waals surface area contributed by atoms with E-state index in [1.54, 1.807) is 12.2 Å². The maximum atomic E-state index is 13.2. The average Bonchev–Trinajstić information content (AvgIpc) is 3.09. The summed E-state index contributed by atoms with van der Waals surface area (Å²) in [6, 6.07) is 0. The number of ether oxygens (including phenoxy) is 1. The van der Waals surface area contributed by atoms with Crippen LogP contribution in [-0.2, 0) is 4.74 Å². The van der Waals surface area contributed by atoms with E-state index >= 15 is 0 Å². The van der Waals surface area contributed by atoms with Gasteiger partial charge in [-0.2, -0.15) is 0 Å². The molecular weight excluding hydrogens is 340 g/mol. The summed E-state index contributed by atoms with van der Waals surface area (Å²) in [4.78, 5) is 0. The van der Waals surface area contributed by atoms with Gasteiger partial charge >= 0.3 is 0 Å². The molecule has 0 aromatic heterocycles. The molecule has 4 N–H and O–H groups in total. The smallest absolute Gasteiger partial charge is 0.263 e. The van der Waals surface area contributed by atoms with E-state index in [-0.39, 0.29) is 30.5 Å². The molecule has 0 bridgehead atoms. The maximum absolute atomic E-state index is 13.2. The minimum Gasteiger partial charge on any atom is -0.392 e. The molecule has 0 aromatic carbocycles. The predicted octanol–water partition coefficient (Wildman–Crippen LogP) is 3.18. The Kier molecular flexibility index (Phi) is 8.20. The summed E-state index contributed by atoms with van der Waals surface area (Å²) in [7, 11) is 0. The Hall–Kier alpha value is -0.820. The highest BCUT2D eigenvalue weighted by Crippen LogP contribution is 2.44. The third kappa shape index (κ3) is 6.12. The van der Waals surface area contributed by atoms with Gasteiger partial charge in [-0.3, -0.25) is 0 Å². The van der Waals surface area contributed by atoms with Crippen LogP contribution in [0, 0.1) is 11.8 Å². The minimum atomic E-state index is -2.87. The summed E-state index contributed by atoms with van der Waals surface area (Å²) in [6.45, 7) is 1.47. The van der Waals surface area contributed by atoms with E-state index in [4.69, 9.17) is 10.5 Å². The number of nitrogens with two attached hydrogens (primary N) is 1. The number of fused-ring (bicyclic) bond motifs is 1. The Balaban J connectivity index is 1.85. The summed E-state index contributed by atoms with van der Waals surface area (Å²) in [5.74, 6) is -2.76. The second-order valence-electron chi connectivity index (χ2n) is 7.63. The molecule has 0 amide bonds. The lowest BCUT2D eigenvalue weighted by molar-refractivity contribution is 0.0136. The van der Waals surface area contributed by atoms with E-state index < -0.39 is 24.7 Å². The summed E-state index contributed by atoms with van der Waals surface area (Å²) in [5.41, 5.74) is 5.03. The van der Waals surface area contributed by atoms with Gasteiger partial charge in [0.15, 0.2) is 0 Å². The van der Waals surface area contributed by atoms with Crippen LogP contribution in [0.25, 0.3) is 0 Å². The maximum Gasteiger partial charge on any atom is 0.263 e. The highest BCUT2D eigenvalue weighted by atomic mass is 19.3. The molecule has 1 aliphatic carbocycles. The molecule has 0 spiro atoms. The molecule has 6 heteroatoms. The normalized spacial score (nSPS) is 33.4. The van der Waals surface area contributed by atoms with Gasteiger partial charge in [-0.25, -0.2) is 8.78 Å². The van der Waals surface area contributed by atoms with Gasteiger partial charge in [0.25, 0.3) is 5.92 Å². The Bertz CT molecular complexity index is 484. The fourth-order valence-electron chi connectivity index (χ4n) is 3.94. The van der Waals surface area contributed by atoms with E-state index in [0.29, 0.717) is 12.8 Å². The fraction of sp³-hybridized carbons (Fsp3) is 0.800. The lowest BCUT2D eigenvalue weighted by atomic mass is 9.89. The van der Waals surface area contributed by atoms with Gasteiger partial charge in [0, 0.05) is 18.8 Å². The largest absolute Gasteiger partial charge is 0.392 e. The Morgan fingerprint density at radius 2 is 2.04 bits per heavy atom. The third-order valence-electron chi connectivity index (χ3n) is 5.47. The fourth-order valence-corrected chi connectivity index (χ4v) is 3.94. The first-order chi connectivity index (χ1) is 12.4. The van der Waals surface area contributed by atoms with Crippen LogP contribution in [0.15, 0.2) is 24.3 Å². The molecule has 4 nitrogen and oxygen atoms in total. The lowest BCUT2D eigenvalue weighted by Crippen LogP contribution is -2.26. The van der Waals surface area contributed by atoms with Crippen LogP contribution < -0.4 is 5.73 Å². The highest BCUT2D eigenvalue weighted by Gasteiger charge is 2.47. The van der Waals surface area contributed by atoms with Gasteiger partial charge in [0.1, 0.15) is 0 Å². The van der Waals surface area contributed by atoms with Crippen LogP contribution in [0.1, 0.15) is 51.9 Å². The van der Waals surface area contributed by atoms with Crippen LogP contribution in [0.4, 0.5) is 8.78 Å². The van der Waals surface area contributed by atoms with Crippen molar-refractivity contribution in [3.8, 4) is 0 Å². The average molecular weight is 373 g/mol. The summed E-state index contributed by atoms with van der Waals surface area (Å²) in [6.07, 6.45) is 10.4. The van der Waals surface area contributed by atoms with Gasteiger partial charge in [-0.1, -0.05) is 50.5 Å². The van der Waals surface area contributed by atoms with E-state index in [1.165, 1.54) is 6.08 Å². The molecule has 2 rings (SSSR count). The lowest BCUT2D eigenvalue weighted by Gasteiger charge is -2.17. The molecule has 5 unspecified atom stereocenters. The van der Waals surface area contributed by atoms with Crippen molar-refractivity contribution in [3.05, 3.63) is 24.3 Å². The molecule has 1 saturated heterocycles. The van der Waals surface area contributed by atoms with E-state index in [9.17, 15) is 19.0 Å². The summed E-state index contributed by atoms with van der Waals surface area (Å²) < 4.78 is 32.3. The van der Waals surface area contributed by atoms with Crippen LogP contribution in [0.2, 0.25) is 0 Å². The molecule has 0 radical (unpaired) electrons. The van der Waals surface area contributed by atoms with Crippen LogP contribution >= 0.6 is 0 Å². The van der Waals surface area contributed by atoms with Crippen molar-refractivity contribution in [2.24, 2.45) is 17.6 Å². The predicted molar refractivity (Wildman–Crippen MR) is 97.9 cm³/mol. The van der Waals surface area contributed by atoms with Crippen molar-refractivity contribution in [1.82, 2.24) is 0 Å². The van der Waals surface area contributed by atoms with Crippen LogP contribution in [0.3, 0.4) is 0 Å². The summed E-state index contributed by atoms with van der Waals surface area (Å²) in [5, 5.41) is 20.3. The molecule has 2 aliphatic rings. The zero-order chi connectivity index (χ0) is 19.2. The molecule has 0 aromatic rings. The molecule has 2 fully saturated rings. The van der Waals surface area contributed by atoms with Gasteiger partial charge in [-0.15, -0.1) is 0 Å². The summed E-state index contributed by atoms with van der Waals surface area (Å²) >= 11 is 0. The molecular formula is C20H33F2NO3. The van der Waals surface area contributed by atoms with Gasteiger partial charge in [0.05, 0.1) is 31.0 Å². The molecule has 1 heterocycles. The number of aliphatic hydroxyl groups excluding tert-OH is 2. The Labute approximate surface area is 155 Å². The molecule has 26 heavy (non-hydrogen) atoms. The molecule has 150 valence electrons. The van der Waals surface area contributed by atoms with E-state index in [0.717, 1.165) is 25.7 Å². The van der Waals surface area contributed by atoms with Gasteiger partial charge in [-0.05, 0) is 18.8 Å². The zero-order valence-electron chi connectivity index (χ0n) is 15.6. The standard InChI is InChI=1S/C20H33F2NO3/c1-2-3-4-6-14(24)8-9-16-17-11-15(26-19(17)12-18(16)25)7-5-10-20(21,22)13-23/h5,7-9,14-19,24-25H,2-4,6,10-13,23H2,1H3/b7-5+,9-8+/t14?,15?,16-,17?,18?,19?/m1/s1. The zero-order valence-corrected chi connectivity index (χ0v) is 15.6. The first kappa shape index (κ1) is 21.5. The molecule has 6 atom stereocenters. The molecule has 1 aliphatic heterocycles. The number of hydrogen-bond acceptors (Lipinski definition) is 4. The first-order valence-corrected chi connectivity index (χ1v) is 9.80. The van der Waals surface area contributed by atoms with Crippen molar-refractivity contribution in [2.75, 3.05) is 6.54 Å². The number of alkyl halides is 2. The highest BCUT2D eigenvalue weighted by molar-refractivity contribution is 5.09. The first-order valence-electron chi connectivity index (χ1n) is 9.80. The number of allylic oxidation sites excluding steroid dienone is 1. The van der Waals surface area contributed by atoms with Gasteiger partial charge in [0.2, 0.25) is 0 Å². The van der Waals surface area contributed by atoms with E-state index in [2.05, 4.69) is 6.92 Å². The van der Waals surface area contributed by atoms with Gasteiger partial charge < -0.3 is 20.7 Å². The van der Waals surface area contributed by atoms with Crippen molar-refractivity contribution in [3.63, 3.8) is 0 Å². The second kappa shape index (κ2) is 9.93. The Morgan fingerprint density at radius 1 is 1.27 bits per heavy atom. The molecule has 1 saturated carbocycles. The monoisotopic (exact) mass is 373 g/mol. The number of aliphatic hydroxyl groups is 2. The van der Waals surface area contributed by atoms with Crippen LogP contribution in [0.5, 0.6) is 0 Å². The topological polar surface area (TPSA) is 75.7 Å². The number of hydrogen-bond donors (Lipinski definition) is 3. The second-order valence-corrected chi connectivity index (χ2v) is 7.63. The van der Waals surface area contributed by atoms with Crippen molar-refractivity contribution >= 4 is 0 Å². The number of unbranched alkanes of at least 4 members (excludes halogenated alkanes) is 2. The van der Waals surface area contributed by atoms with Crippen molar-refractivity contribution in [1.29, 1.82) is 0 Å². The number of rotatable bonds is 10. The van der Waals surface area contributed by atoms with Crippen molar-refractivity contribution < 1.29 is 23.7 Å². The quantitative estimate of drug-likeness (QED) is 0.406. The van der Waals surface area contributed by atoms with Crippen LogP contribution in [-0.4, -0.2) is 47.1 Å². The van der Waals surface area contributed by atoms with Crippen molar-refractivity contribution in [2.45, 2.75) is 82.2 Å². The Morgan fingerprint density at radius 3 is 2.73 bits per heavy atom. The number of halogens is 2.